The first kappa shape index (κ1) is 24.4. The highest BCUT2D eigenvalue weighted by molar-refractivity contribution is 5.63. The molecule has 5 N–H and O–H groups in total. The molecule has 1 aliphatic rings. The van der Waals surface area contributed by atoms with Gasteiger partial charge < -0.3 is 26.4 Å². The standard InChI is InChI=1S/C14H26N6O.C6H8FN/c1-11(2)19(3)13-12(15)10-17-14(18-13)16-4-5-20-6-8-21-9-7-20;1-2-3-4-6(7)5-8/h10-11H,4-9,15H2,1-3H3,(H,16,17,18);2-5H,1,8H2/b;4-3-,6-5-. The van der Waals surface area contributed by atoms with Gasteiger partial charge in [0, 0.05) is 45.5 Å². The molecule has 0 spiro atoms. The summed E-state index contributed by atoms with van der Waals surface area (Å²) in [4.78, 5) is 13.2. The number of nitrogens with two attached hydrogens (primary N) is 2. The van der Waals surface area contributed by atoms with Gasteiger partial charge in [-0.2, -0.15) is 4.98 Å². The number of rotatable bonds is 8. The summed E-state index contributed by atoms with van der Waals surface area (Å²) in [5.41, 5.74) is 11.3. The molecule has 0 bridgehead atoms. The summed E-state index contributed by atoms with van der Waals surface area (Å²) in [6.45, 7) is 13.0. The predicted octanol–water partition coefficient (Wildman–Crippen LogP) is 2.15. The molecule has 0 aromatic carbocycles. The quantitative estimate of drug-likeness (QED) is 0.563. The fourth-order valence-corrected chi connectivity index (χ4v) is 2.36. The van der Waals surface area contributed by atoms with Crippen molar-refractivity contribution in [3.63, 3.8) is 0 Å². The van der Waals surface area contributed by atoms with Crippen molar-refractivity contribution in [2.45, 2.75) is 19.9 Å². The van der Waals surface area contributed by atoms with Crippen molar-refractivity contribution in [1.82, 2.24) is 14.9 Å². The molecule has 0 radical (unpaired) electrons. The van der Waals surface area contributed by atoms with Gasteiger partial charge in [0.25, 0.3) is 0 Å². The fourth-order valence-electron chi connectivity index (χ4n) is 2.36. The van der Waals surface area contributed by atoms with Crippen molar-refractivity contribution < 1.29 is 9.13 Å². The monoisotopic (exact) mass is 407 g/mol. The van der Waals surface area contributed by atoms with Crippen LogP contribution in [0.25, 0.3) is 0 Å². The number of nitrogens with zero attached hydrogens (tertiary/aromatic N) is 4. The molecular weight excluding hydrogens is 373 g/mol. The predicted molar refractivity (Wildman–Crippen MR) is 118 cm³/mol. The van der Waals surface area contributed by atoms with Gasteiger partial charge in [0.05, 0.1) is 25.1 Å². The van der Waals surface area contributed by atoms with Crippen LogP contribution in [0.4, 0.5) is 21.8 Å². The van der Waals surface area contributed by atoms with Crippen LogP contribution < -0.4 is 21.7 Å². The van der Waals surface area contributed by atoms with Crippen molar-refractivity contribution in [1.29, 1.82) is 0 Å². The molecular formula is C20H34FN7O. The van der Waals surface area contributed by atoms with Gasteiger partial charge in [-0.15, -0.1) is 0 Å². The van der Waals surface area contributed by atoms with E-state index < -0.39 is 5.83 Å². The van der Waals surface area contributed by atoms with Gasteiger partial charge in [0.2, 0.25) is 5.95 Å². The van der Waals surface area contributed by atoms with E-state index in [-0.39, 0.29) is 0 Å². The zero-order valence-corrected chi connectivity index (χ0v) is 17.6. The molecule has 1 aromatic rings. The largest absolute Gasteiger partial charge is 0.402 e. The number of nitrogen functional groups attached to an aromatic ring is 1. The molecule has 2 rings (SSSR count). The molecule has 2 heterocycles. The minimum absolute atomic E-state index is 0.336. The molecule has 29 heavy (non-hydrogen) atoms. The first-order valence-corrected chi connectivity index (χ1v) is 9.64. The van der Waals surface area contributed by atoms with E-state index in [4.69, 9.17) is 16.2 Å². The van der Waals surface area contributed by atoms with Crippen LogP contribution in [0, 0.1) is 0 Å². The molecule has 0 atom stereocenters. The highest BCUT2D eigenvalue weighted by atomic mass is 19.1. The third kappa shape index (κ3) is 9.40. The number of nitrogens with one attached hydrogen (secondary N) is 1. The third-order valence-corrected chi connectivity index (χ3v) is 4.27. The average Bonchev–Trinajstić information content (AvgIpc) is 2.73. The molecule has 162 valence electrons. The summed E-state index contributed by atoms with van der Waals surface area (Å²) in [7, 11) is 1.99. The lowest BCUT2D eigenvalue weighted by molar-refractivity contribution is 0.0398. The van der Waals surface area contributed by atoms with Crippen molar-refractivity contribution in [2.24, 2.45) is 5.73 Å². The van der Waals surface area contributed by atoms with Crippen molar-refractivity contribution >= 4 is 17.5 Å². The molecule has 1 aromatic heterocycles. The van der Waals surface area contributed by atoms with Crippen molar-refractivity contribution in [2.75, 3.05) is 62.4 Å². The Labute approximate surface area is 173 Å². The average molecular weight is 408 g/mol. The number of allylic oxidation sites excluding steroid dienone is 4. The van der Waals surface area contributed by atoms with Crippen LogP contribution in [0.5, 0.6) is 0 Å². The van der Waals surface area contributed by atoms with Crippen LogP contribution in [-0.4, -0.2) is 67.4 Å². The Bertz CT molecular complexity index is 673. The van der Waals surface area contributed by atoms with Crippen LogP contribution >= 0.6 is 0 Å². The van der Waals surface area contributed by atoms with E-state index in [2.05, 4.69) is 40.6 Å². The van der Waals surface area contributed by atoms with Gasteiger partial charge in [-0.05, 0) is 19.9 Å². The summed E-state index contributed by atoms with van der Waals surface area (Å²) in [6, 6.07) is 0.336. The number of halogens is 1. The Morgan fingerprint density at radius 2 is 2.14 bits per heavy atom. The van der Waals surface area contributed by atoms with Gasteiger partial charge in [-0.1, -0.05) is 18.7 Å². The molecule has 1 fully saturated rings. The number of aromatic nitrogens is 2. The molecule has 0 amide bonds. The van der Waals surface area contributed by atoms with Crippen LogP contribution in [-0.2, 0) is 4.74 Å². The molecule has 0 unspecified atom stereocenters. The third-order valence-electron chi connectivity index (χ3n) is 4.27. The number of hydrogen-bond donors (Lipinski definition) is 3. The summed E-state index contributed by atoms with van der Waals surface area (Å²) < 4.78 is 17.3. The van der Waals surface area contributed by atoms with Crippen molar-refractivity contribution in [3.8, 4) is 0 Å². The van der Waals surface area contributed by atoms with E-state index in [1.165, 1.54) is 18.2 Å². The topological polar surface area (TPSA) is 106 Å². The molecule has 0 aliphatic carbocycles. The first-order chi connectivity index (χ1) is 13.9. The summed E-state index contributed by atoms with van der Waals surface area (Å²) in [6.07, 6.45) is 6.73. The van der Waals surface area contributed by atoms with Crippen LogP contribution in [0.3, 0.4) is 0 Å². The summed E-state index contributed by atoms with van der Waals surface area (Å²) >= 11 is 0. The van der Waals surface area contributed by atoms with E-state index in [0.717, 1.165) is 51.4 Å². The number of hydrogen-bond acceptors (Lipinski definition) is 8. The Morgan fingerprint density at radius 1 is 1.45 bits per heavy atom. The minimum Gasteiger partial charge on any atom is -0.402 e. The normalized spacial score (nSPS) is 15.1. The Kier molecular flexibility index (Phi) is 11.4. The highest BCUT2D eigenvalue weighted by Crippen LogP contribution is 2.21. The van der Waals surface area contributed by atoms with Crippen LogP contribution in [0.1, 0.15) is 13.8 Å². The highest BCUT2D eigenvalue weighted by Gasteiger charge is 2.13. The zero-order chi connectivity index (χ0) is 21.6. The van der Waals surface area contributed by atoms with E-state index in [9.17, 15) is 4.39 Å². The maximum atomic E-state index is 11.9. The molecule has 1 saturated heterocycles. The smallest absolute Gasteiger partial charge is 0.224 e. The minimum atomic E-state index is -0.454. The van der Waals surface area contributed by atoms with Gasteiger partial charge in [0.1, 0.15) is 5.83 Å². The second-order valence-corrected chi connectivity index (χ2v) is 6.70. The lowest BCUT2D eigenvalue weighted by Crippen LogP contribution is -2.39. The fraction of sp³-hybridized carbons (Fsp3) is 0.500. The number of ether oxygens (including phenoxy) is 1. The van der Waals surface area contributed by atoms with Crippen molar-refractivity contribution in [3.05, 3.63) is 43.0 Å². The zero-order valence-electron chi connectivity index (χ0n) is 17.6. The maximum absolute atomic E-state index is 11.9. The molecule has 8 nitrogen and oxygen atoms in total. The SMILES string of the molecule is C=C/C=C\C(F)=C\N.CC(C)N(C)c1nc(NCCN2CCOCC2)ncc1N. The molecule has 0 saturated carbocycles. The maximum Gasteiger partial charge on any atom is 0.224 e. The van der Waals surface area contributed by atoms with E-state index >= 15 is 0 Å². The lowest BCUT2D eigenvalue weighted by Gasteiger charge is -2.26. The van der Waals surface area contributed by atoms with E-state index in [0.29, 0.717) is 17.7 Å². The van der Waals surface area contributed by atoms with Gasteiger partial charge in [-0.3, -0.25) is 4.90 Å². The van der Waals surface area contributed by atoms with Crippen LogP contribution in [0.15, 0.2) is 43.0 Å². The summed E-state index contributed by atoms with van der Waals surface area (Å²) in [5, 5.41) is 3.27. The summed E-state index contributed by atoms with van der Waals surface area (Å²) in [5.74, 6) is 0.943. The number of anilines is 3. The number of morpholine rings is 1. The molecule has 9 heteroatoms. The lowest BCUT2D eigenvalue weighted by atomic mass is 10.3. The Morgan fingerprint density at radius 3 is 2.72 bits per heavy atom. The van der Waals surface area contributed by atoms with E-state index in [1.807, 2.05) is 11.9 Å². The molecule has 1 aliphatic heterocycles. The first-order valence-electron chi connectivity index (χ1n) is 9.64. The Hall–Kier alpha value is -2.65. The van der Waals surface area contributed by atoms with Gasteiger partial charge in [-0.25, -0.2) is 9.37 Å². The Balaban J connectivity index is 0.000000447. The van der Waals surface area contributed by atoms with Crippen LogP contribution in [0.2, 0.25) is 0 Å². The second kappa shape index (κ2) is 13.5. The second-order valence-electron chi connectivity index (χ2n) is 6.70. The van der Waals surface area contributed by atoms with Gasteiger partial charge >= 0.3 is 0 Å². The van der Waals surface area contributed by atoms with E-state index in [1.54, 1.807) is 6.20 Å². The van der Waals surface area contributed by atoms with Gasteiger partial charge in [0.15, 0.2) is 5.82 Å².